The lowest BCUT2D eigenvalue weighted by atomic mass is 10.0. The average Bonchev–Trinajstić information content (AvgIpc) is 2.48. The molecule has 1 atom stereocenters. The zero-order valence-electron chi connectivity index (χ0n) is 12.7. The van der Waals surface area contributed by atoms with E-state index in [4.69, 9.17) is 5.26 Å². The molecule has 0 aromatic heterocycles. The van der Waals surface area contributed by atoms with Gasteiger partial charge in [-0.1, -0.05) is 30.3 Å². The molecular formula is C18H20N2O. The molecule has 2 aromatic rings. The van der Waals surface area contributed by atoms with Gasteiger partial charge in [-0.25, -0.2) is 0 Å². The van der Waals surface area contributed by atoms with Crippen molar-refractivity contribution in [3.63, 3.8) is 0 Å². The van der Waals surface area contributed by atoms with Crippen LogP contribution in [0.5, 0.6) is 0 Å². The first kappa shape index (κ1) is 15.1. The maximum atomic E-state index is 9.93. The van der Waals surface area contributed by atoms with Gasteiger partial charge in [0.2, 0.25) is 0 Å². The second-order valence-corrected chi connectivity index (χ2v) is 5.34. The smallest absolute Gasteiger partial charge is 0.0992 e. The number of nitrogens with zero attached hydrogens (tertiary/aromatic N) is 2. The molecule has 2 aromatic carbocycles. The molecule has 0 saturated heterocycles. The minimum absolute atomic E-state index is 0.563. The van der Waals surface area contributed by atoms with Crippen molar-refractivity contribution in [2.75, 3.05) is 11.9 Å². The van der Waals surface area contributed by atoms with E-state index < -0.39 is 6.10 Å². The van der Waals surface area contributed by atoms with Crippen LogP contribution in [0, 0.1) is 18.3 Å². The highest BCUT2D eigenvalue weighted by Gasteiger charge is 2.13. The molecule has 1 unspecified atom stereocenters. The Morgan fingerprint density at radius 3 is 2.57 bits per heavy atom. The Labute approximate surface area is 126 Å². The summed E-state index contributed by atoms with van der Waals surface area (Å²) in [4.78, 5) is 2.07. The monoisotopic (exact) mass is 280 g/mol. The van der Waals surface area contributed by atoms with Crippen LogP contribution in [-0.4, -0.2) is 12.2 Å². The van der Waals surface area contributed by atoms with Gasteiger partial charge < -0.3 is 10.0 Å². The van der Waals surface area contributed by atoms with E-state index in [2.05, 4.69) is 30.0 Å². The molecule has 3 nitrogen and oxygen atoms in total. The highest BCUT2D eigenvalue weighted by molar-refractivity contribution is 5.58. The van der Waals surface area contributed by atoms with E-state index in [1.54, 1.807) is 13.0 Å². The lowest BCUT2D eigenvalue weighted by molar-refractivity contribution is 0.199. The van der Waals surface area contributed by atoms with Gasteiger partial charge in [0.1, 0.15) is 0 Å². The summed E-state index contributed by atoms with van der Waals surface area (Å²) in [5.41, 5.74) is 4.81. The predicted molar refractivity (Wildman–Crippen MR) is 85.1 cm³/mol. The van der Waals surface area contributed by atoms with Crippen LogP contribution in [0.15, 0.2) is 42.5 Å². The van der Waals surface area contributed by atoms with E-state index in [0.717, 1.165) is 17.8 Å². The van der Waals surface area contributed by atoms with Gasteiger partial charge in [0.05, 0.1) is 17.7 Å². The second-order valence-electron chi connectivity index (χ2n) is 5.34. The fourth-order valence-electron chi connectivity index (χ4n) is 2.43. The number of aliphatic hydroxyl groups excluding tert-OH is 1. The van der Waals surface area contributed by atoms with Crippen molar-refractivity contribution in [2.24, 2.45) is 0 Å². The van der Waals surface area contributed by atoms with Gasteiger partial charge in [0.25, 0.3) is 0 Å². The topological polar surface area (TPSA) is 47.3 Å². The van der Waals surface area contributed by atoms with E-state index in [-0.39, 0.29) is 0 Å². The van der Waals surface area contributed by atoms with Gasteiger partial charge in [0.15, 0.2) is 0 Å². The van der Waals surface area contributed by atoms with E-state index in [9.17, 15) is 5.11 Å². The van der Waals surface area contributed by atoms with Crippen LogP contribution >= 0.6 is 0 Å². The van der Waals surface area contributed by atoms with Crippen LogP contribution in [0.25, 0.3) is 0 Å². The van der Waals surface area contributed by atoms with E-state index in [1.807, 2.05) is 31.3 Å². The number of hydrogen-bond donors (Lipinski definition) is 1. The highest BCUT2D eigenvalue weighted by Crippen LogP contribution is 2.28. The molecule has 1 N–H and O–H groups in total. The zero-order valence-corrected chi connectivity index (χ0v) is 12.7. The lowest BCUT2D eigenvalue weighted by Crippen LogP contribution is -2.19. The number of aryl methyl sites for hydroxylation is 1. The van der Waals surface area contributed by atoms with Crippen molar-refractivity contribution in [3.8, 4) is 6.07 Å². The third kappa shape index (κ3) is 3.42. The van der Waals surface area contributed by atoms with Crippen molar-refractivity contribution in [1.82, 2.24) is 0 Å². The molecule has 0 aliphatic rings. The number of benzene rings is 2. The Kier molecular flexibility index (Phi) is 4.62. The van der Waals surface area contributed by atoms with Crippen LogP contribution in [0.4, 0.5) is 5.69 Å². The first-order chi connectivity index (χ1) is 10.0. The van der Waals surface area contributed by atoms with Gasteiger partial charge in [-0.15, -0.1) is 0 Å². The summed E-state index contributed by atoms with van der Waals surface area (Å²) in [6, 6.07) is 15.8. The summed E-state index contributed by atoms with van der Waals surface area (Å²) < 4.78 is 0. The van der Waals surface area contributed by atoms with Gasteiger partial charge in [-0.2, -0.15) is 5.26 Å². The average molecular weight is 280 g/mol. The first-order valence-electron chi connectivity index (χ1n) is 7.00. The number of hydrogen-bond acceptors (Lipinski definition) is 3. The van der Waals surface area contributed by atoms with Crippen molar-refractivity contribution in [3.05, 3.63) is 64.7 Å². The molecule has 0 saturated carbocycles. The molecule has 21 heavy (non-hydrogen) atoms. The number of rotatable bonds is 4. The van der Waals surface area contributed by atoms with Gasteiger partial charge in [-0.3, -0.25) is 0 Å². The molecule has 0 aliphatic carbocycles. The quantitative estimate of drug-likeness (QED) is 0.931. The van der Waals surface area contributed by atoms with Crippen LogP contribution < -0.4 is 4.90 Å². The van der Waals surface area contributed by atoms with Crippen LogP contribution in [0.3, 0.4) is 0 Å². The molecular weight excluding hydrogens is 260 g/mol. The third-order valence-electron chi connectivity index (χ3n) is 3.69. The zero-order chi connectivity index (χ0) is 15.4. The largest absolute Gasteiger partial charge is 0.389 e. The van der Waals surface area contributed by atoms with E-state index in [0.29, 0.717) is 5.56 Å². The Morgan fingerprint density at radius 2 is 1.95 bits per heavy atom. The normalized spacial score (nSPS) is 11.8. The number of nitriles is 1. The second kappa shape index (κ2) is 6.43. The van der Waals surface area contributed by atoms with Crippen LogP contribution in [0.2, 0.25) is 0 Å². The fraction of sp³-hybridized carbons (Fsp3) is 0.278. The number of anilines is 1. The van der Waals surface area contributed by atoms with Gasteiger partial charge >= 0.3 is 0 Å². The van der Waals surface area contributed by atoms with Crippen molar-refractivity contribution in [1.29, 1.82) is 5.26 Å². The summed E-state index contributed by atoms with van der Waals surface area (Å²) in [6.45, 7) is 4.57. The van der Waals surface area contributed by atoms with Crippen LogP contribution in [-0.2, 0) is 6.54 Å². The van der Waals surface area contributed by atoms with Gasteiger partial charge in [0, 0.05) is 24.8 Å². The molecule has 2 rings (SSSR count). The standard InChI is InChI=1S/C18H20N2O/c1-13-6-4-5-7-16(13)12-20(3)18-10-15(11-19)8-9-17(18)14(2)21/h4-10,14,21H,12H2,1-3H3. The number of aliphatic hydroxyl groups is 1. The van der Waals surface area contributed by atoms with E-state index in [1.165, 1.54) is 11.1 Å². The van der Waals surface area contributed by atoms with Crippen LogP contribution in [0.1, 0.15) is 35.3 Å². The Morgan fingerprint density at radius 1 is 1.24 bits per heavy atom. The maximum absolute atomic E-state index is 9.93. The Bertz CT molecular complexity index is 671. The predicted octanol–water partition coefficient (Wildman–Crippen LogP) is 3.56. The molecule has 108 valence electrons. The van der Waals surface area contributed by atoms with E-state index >= 15 is 0 Å². The molecule has 0 spiro atoms. The molecule has 0 fully saturated rings. The molecule has 0 radical (unpaired) electrons. The SMILES string of the molecule is Cc1ccccc1CN(C)c1cc(C#N)ccc1C(C)O. The van der Waals surface area contributed by atoms with Crippen molar-refractivity contribution < 1.29 is 5.11 Å². The van der Waals surface area contributed by atoms with Gasteiger partial charge in [-0.05, 0) is 37.1 Å². The third-order valence-corrected chi connectivity index (χ3v) is 3.69. The molecule has 0 amide bonds. The minimum Gasteiger partial charge on any atom is -0.389 e. The molecule has 0 aliphatic heterocycles. The Hall–Kier alpha value is -2.31. The summed E-state index contributed by atoms with van der Waals surface area (Å²) >= 11 is 0. The minimum atomic E-state index is -0.563. The fourth-order valence-corrected chi connectivity index (χ4v) is 2.43. The summed E-state index contributed by atoms with van der Waals surface area (Å²) in [6.07, 6.45) is -0.563. The lowest BCUT2D eigenvalue weighted by Gasteiger charge is -2.24. The Balaban J connectivity index is 2.36. The highest BCUT2D eigenvalue weighted by atomic mass is 16.3. The summed E-state index contributed by atoms with van der Waals surface area (Å²) in [5.74, 6) is 0. The maximum Gasteiger partial charge on any atom is 0.0992 e. The van der Waals surface area contributed by atoms with Crippen molar-refractivity contribution >= 4 is 5.69 Å². The van der Waals surface area contributed by atoms with Crippen molar-refractivity contribution in [2.45, 2.75) is 26.5 Å². The summed E-state index contributed by atoms with van der Waals surface area (Å²) in [5, 5.41) is 19.0. The molecule has 3 heteroatoms. The molecule has 0 heterocycles. The molecule has 0 bridgehead atoms. The summed E-state index contributed by atoms with van der Waals surface area (Å²) in [7, 11) is 1.98. The first-order valence-corrected chi connectivity index (χ1v) is 7.00.